The van der Waals surface area contributed by atoms with Crippen molar-refractivity contribution < 1.29 is 24.7 Å². The molecule has 0 fully saturated rings. The van der Waals surface area contributed by atoms with E-state index in [1.165, 1.54) is 0 Å². The molecule has 0 saturated carbocycles. The number of nitrogens with one attached hydrogen (secondary N) is 4. The second kappa shape index (κ2) is 13.5. The van der Waals surface area contributed by atoms with Gasteiger partial charge >= 0.3 is 0 Å². The molecular formula is C16H33N5O5. The third-order valence-corrected chi connectivity index (χ3v) is 3.77. The van der Waals surface area contributed by atoms with E-state index in [9.17, 15) is 14.4 Å². The molecule has 26 heavy (non-hydrogen) atoms. The lowest BCUT2D eigenvalue weighted by molar-refractivity contribution is -0.133. The topological polar surface area (TPSA) is 143 Å². The highest BCUT2D eigenvalue weighted by atomic mass is 16.5. The summed E-state index contributed by atoms with van der Waals surface area (Å²) in [6.07, 6.45) is 1.96. The number of carbonyl (C=O) groups is 3. The lowest BCUT2D eigenvalue weighted by Gasteiger charge is -2.23. The molecule has 10 heteroatoms. The average Bonchev–Trinajstić information content (AvgIpc) is 2.55. The van der Waals surface area contributed by atoms with Crippen molar-refractivity contribution in [3.8, 4) is 0 Å². The first-order valence-corrected chi connectivity index (χ1v) is 8.72. The fourth-order valence-electron chi connectivity index (χ4n) is 2.26. The predicted molar refractivity (Wildman–Crippen MR) is 96.1 cm³/mol. The van der Waals surface area contributed by atoms with Crippen molar-refractivity contribution in [2.75, 3.05) is 33.9 Å². The highest BCUT2D eigenvalue weighted by molar-refractivity contribution is 5.91. The van der Waals surface area contributed by atoms with Crippen LogP contribution in [0.4, 0.5) is 0 Å². The third-order valence-electron chi connectivity index (χ3n) is 3.77. The molecule has 2 atom stereocenters. The molecule has 6 N–H and O–H groups in total. The molecule has 0 aromatic rings. The lowest BCUT2D eigenvalue weighted by atomic mass is 10.0. The largest absolute Gasteiger partial charge is 0.376 e. The molecule has 0 spiro atoms. The van der Waals surface area contributed by atoms with Crippen LogP contribution < -0.4 is 21.4 Å². The first-order chi connectivity index (χ1) is 12.2. The summed E-state index contributed by atoms with van der Waals surface area (Å²) in [5, 5.41) is 25.0. The Morgan fingerprint density at radius 3 is 2.19 bits per heavy atom. The van der Waals surface area contributed by atoms with E-state index in [-0.39, 0.29) is 12.5 Å². The molecule has 0 aromatic carbocycles. The Balaban J connectivity index is 4.78. The summed E-state index contributed by atoms with van der Waals surface area (Å²) in [5.74, 6) is -1.68. The molecule has 0 radical (unpaired) electrons. The molecule has 0 aliphatic carbocycles. The van der Waals surface area contributed by atoms with Gasteiger partial charge in [0.25, 0.3) is 0 Å². The van der Waals surface area contributed by atoms with E-state index in [0.717, 1.165) is 13.0 Å². The fourth-order valence-corrected chi connectivity index (χ4v) is 2.26. The number of hydrogen-bond donors (Lipinski definition) is 6. The van der Waals surface area contributed by atoms with E-state index in [2.05, 4.69) is 16.0 Å². The van der Waals surface area contributed by atoms with Crippen molar-refractivity contribution in [3.05, 3.63) is 0 Å². The SMILES string of the molecule is CC(C)[C@H](NO)C(=O)N[C@@H](CCCCN(C)C)C(=O)NCC(=O)NCO. The van der Waals surface area contributed by atoms with Crippen LogP contribution in [0.3, 0.4) is 0 Å². The number of aliphatic hydroxyl groups is 1. The molecule has 0 unspecified atom stereocenters. The Kier molecular flexibility index (Phi) is 12.5. The van der Waals surface area contributed by atoms with Gasteiger partial charge in [-0.2, -0.15) is 5.48 Å². The zero-order chi connectivity index (χ0) is 20.1. The van der Waals surface area contributed by atoms with Gasteiger partial charge in [-0.15, -0.1) is 0 Å². The number of amides is 3. The van der Waals surface area contributed by atoms with Gasteiger partial charge in [-0.1, -0.05) is 13.8 Å². The van der Waals surface area contributed by atoms with Crippen LogP contribution in [0.1, 0.15) is 33.1 Å². The molecule has 0 rings (SSSR count). The minimum absolute atomic E-state index is 0.173. The van der Waals surface area contributed by atoms with E-state index < -0.39 is 36.5 Å². The number of aliphatic hydroxyl groups excluding tert-OH is 1. The van der Waals surface area contributed by atoms with Crippen LogP contribution in [0.15, 0.2) is 0 Å². The molecule has 0 aliphatic rings. The second-order valence-electron chi connectivity index (χ2n) is 6.69. The molecule has 0 heterocycles. The Morgan fingerprint density at radius 1 is 1.04 bits per heavy atom. The van der Waals surface area contributed by atoms with E-state index in [1.807, 2.05) is 24.5 Å². The van der Waals surface area contributed by atoms with Gasteiger partial charge in [-0.25, -0.2) is 0 Å². The fraction of sp³-hybridized carbons (Fsp3) is 0.812. The predicted octanol–water partition coefficient (Wildman–Crippen LogP) is -1.61. The van der Waals surface area contributed by atoms with Crippen molar-refractivity contribution >= 4 is 17.7 Å². The summed E-state index contributed by atoms with van der Waals surface area (Å²) < 4.78 is 0. The zero-order valence-electron chi connectivity index (χ0n) is 16.0. The monoisotopic (exact) mass is 375 g/mol. The maximum absolute atomic E-state index is 12.3. The van der Waals surface area contributed by atoms with Crippen molar-refractivity contribution in [1.29, 1.82) is 0 Å². The van der Waals surface area contributed by atoms with E-state index in [1.54, 1.807) is 13.8 Å². The van der Waals surface area contributed by atoms with E-state index >= 15 is 0 Å². The summed E-state index contributed by atoms with van der Waals surface area (Å²) in [6.45, 7) is 3.57. The minimum atomic E-state index is -0.843. The molecule has 152 valence electrons. The summed E-state index contributed by atoms with van der Waals surface area (Å²) in [5.41, 5.74) is 1.95. The highest BCUT2D eigenvalue weighted by Gasteiger charge is 2.27. The summed E-state index contributed by atoms with van der Waals surface area (Å²) in [7, 11) is 3.90. The number of unbranched alkanes of at least 4 members (excludes halogenated alkanes) is 1. The summed E-state index contributed by atoms with van der Waals surface area (Å²) >= 11 is 0. The van der Waals surface area contributed by atoms with Crippen LogP contribution in [0.5, 0.6) is 0 Å². The van der Waals surface area contributed by atoms with Gasteiger partial charge in [0.15, 0.2) is 0 Å². The lowest BCUT2D eigenvalue weighted by Crippen LogP contribution is -2.54. The van der Waals surface area contributed by atoms with Crippen LogP contribution in [-0.2, 0) is 14.4 Å². The maximum Gasteiger partial charge on any atom is 0.243 e. The first kappa shape index (κ1) is 24.2. The molecule has 0 aromatic heterocycles. The van der Waals surface area contributed by atoms with Gasteiger partial charge in [-0.3, -0.25) is 14.4 Å². The highest BCUT2D eigenvalue weighted by Crippen LogP contribution is 2.06. The van der Waals surface area contributed by atoms with Gasteiger partial charge in [0.1, 0.15) is 18.8 Å². The Hall–Kier alpha value is -1.75. The number of carbonyl (C=O) groups excluding carboxylic acids is 3. The van der Waals surface area contributed by atoms with Crippen molar-refractivity contribution in [1.82, 2.24) is 26.3 Å². The van der Waals surface area contributed by atoms with Gasteiger partial charge in [0, 0.05) is 0 Å². The van der Waals surface area contributed by atoms with Crippen LogP contribution in [0.2, 0.25) is 0 Å². The normalized spacial score (nSPS) is 13.4. The van der Waals surface area contributed by atoms with Gasteiger partial charge < -0.3 is 31.2 Å². The van der Waals surface area contributed by atoms with Crippen molar-refractivity contribution in [2.45, 2.75) is 45.2 Å². The number of rotatable bonds is 13. The quantitative estimate of drug-likeness (QED) is 0.129. The smallest absolute Gasteiger partial charge is 0.243 e. The van der Waals surface area contributed by atoms with Crippen LogP contribution in [0.25, 0.3) is 0 Å². The molecule has 0 saturated heterocycles. The maximum atomic E-state index is 12.3. The summed E-state index contributed by atoms with van der Waals surface area (Å²) in [6, 6.07) is -1.66. The number of nitrogens with zero attached hydrogens (tertiary/aromatic N) is 1. The Labute approximate surface area is 154 Å². The number of hydrogen-bond acceptors (Lipinski definition) is 7. The molecule has 10 nitrogen and oxygen atoms in total. The van der Waals surface area contributed by atoms with Gasteiger partial charge in [0.2, 0.25) is 17.7 Å². The van der Waals surface area contributed by atoms with Crippen molar-refractivity contribution in [2.24, 2.45) is 5.92 Å². The Morgan fingerprint density at radius 2 is 1.69 bits per heavy atom. The van der Waals surface area contributed by atoms with Gasteiger partial charge in [0.05, 0.1) is 6.54 Å². The first-order valence-electron chi connectivity index (χ1n) is 8.72. The van der Waals surface area contributed by atoms with Gasteiger partial charge in [-0.05, 0) is 45.8 Å². The molecular weight excluding hydrogens is 342 g/mol. The van der Waals surface area contributed by atoms with Crippen molar-refractivity contribution in [3.63, 3.8) is 0 Å². The van der Waals surface area contributed by atoms with Crippen LogP contribution in [-0.4, -0.2) is 78.9 Å². The molecule has 0 bridgehead atoms. The third kappa shape index (κ3) is 10.3. The summed E-state index contributed by atoms with van der Waals surface area (Å²) in [4.78, 5) is 38.0. The van der Waals surface area contributed by atoms with E-state index in [4.69, 9.17) is 10.3 Å². The van der Waals surface area contributed by atoms with Crippen LogP contribution >= 0.6 is 0 Å². The standard InChI is InChI=1S/C16H33N5O5/c1-11(2)14(20-26)16(25)19-12(7-5-6-8-21(3)4)15(24)17-9-13(23)18-10-22/h11-12,14,20,22,26H,5-10H2,1-4H3,(H,17,24)(H,18,23)(H,19,25)/t12-,14-/m0/s1. The Bertz CT molecular complexity index is 445. The van der Waals surface area contributed by atoms with E-state index in [0.29, 0.717) is 12.8 Å². The number of hydroxylamine groups is 1. The molecule has 3 amide bonds. The zero-order valence-corrected chi connectivity index (χ0v) is 16.0. The minimum Gasteiger partial charge on any atom is -0.376 e. The second-order valence-corrected chi connectivity index (χ2v) is 6.69. The van der Waals surface area contributed by atoms with Crippen LogP contribution in [0, 0.1) is 5.92 Å². The molecule has 0 aliphatic heterocycles. The average molecular weight is 375 g/mol.